The van der Waals surface area contributed by atoms with Crippen LogP contribution in [0.5, 0.6) is 0 Å². The minimum atomic E-state index is 0.663. The number of rotatable bonds is 7. The van der Waals surface area contributed by atoms with Crippen LogP contribution in [0.4, 0.5) is 0 Å². The highest BCUT2D eigenvalue weighted by atomic mass is 14.9. The van der Waals surface area contributed by atoms with Crippen molar-refractivity contribution in [3.63, 3.8) is 0 Å². The van der Waals surface area contributed by atoms with Crippen molar-refractivity contribution in [3.8, 4) is 0 Å². The Morgan fingerprint density at radius 1 is 1.17 bits per heavy atom. The van der Waals surface area contributed by atoms with Crippen LogP contribution in [-0.2, 0) is 6.42 Å². The van der Waals surface area contributed by atoms with Gasteiger partial charge in [0.15, 0.2) is 0 Å². The van der Waals surface area contributed by atoms with E-state index in [0.717, 1.165) is 18.4 Å². The highest BCUT2D eigenvalue weighted by Gasteiger charge is 2.25. The predicted octanol–water partition coefficient (Wildman–Crippen LogP) is 4.13. The Kier molecular flexibility index (Phi) is 4.82. The molecule has 2 rings (SSSR count). The van der Waals surface area contributed by atoms with Crippen LogP contribution in [0.25, 0.3) is 0 Å². The minimum absolute atomic E-state index is 0.663. The molecule has 0 fully saturated rings. The summed E-state index contributed by atoms with van der Waals surface area (Å²) in [5.74, 6) is 1.60. The van der Waals surface area contributed by atoms with Crippen LogP contribution < -0.4 is 5.32 Å². The standard InChI is InChI=1S/C17H27N/c1-13(2)7-6-8-14(3)18-12-16-11-15-9-4-5-10-17(15)16/h4-5,9-10,13-14,16,18H,6-8,11-12H2,1-3H3. The molecule has 0 heterocycles. The molecule has 0 radical (unpaired) electrons. The summed E-state index contributed by atoms with van der Waals surface area (Å²) < 4.78 is 0. The van der Waals surface area contributed by atoms with E-state index >= 15 is 0 Å². The van der Waals surface area contributed by atoms with Gasteiger partial charge in [-0.2, -0.15) is 0 Å². The molecule has 0 bridgehead atoms. The van der Waals surface area contributed by atoms with E-state index in [9.17, 15) is 0 Å². The molecule has 1 N–H and O–H groups in total. The minimum Gasteiger partial charge on any atom is -0.314 e. The monoisotopic (exact) mass is 245 g/mol. The van der Waals surface area contributed by atoms with E-state index in [1.54, 1.807) is 11.1 Å². The molecule has 18 heavy (non-hydrogen) atoms. The predicted molar refractivity (Wildman–Crippen MR) is 79.0 cm³/mol. The van der Waals surface area contributed by atoms with Gasteiger partial charge in [0, 0.05) is 18.5 Å². The molecular formula is C17H27N. The summed E-state index contributed by atoms with van der Waals surface area (Å²) in [6, 6.07) is 9.53. The van der Waals surface area contributed by atoms with Crippen LogP contribution in [0.1, 0.15) is 57.1 Å². The average Bonchev–Trinajstić information content (AvgIpc) is 2.30. The lowest BCUT2D eigenvalue weighted by Gasteiger charge is -2.31. The molecule has 1 heteroatoms. The van der Waals surface area contributed by atoms with Crippen LogP contribution in [0.15, 0.2) is 24.3 Å². The zero-order chi connectivity index (χ0) is 13.0. The van der Waals surface area contributed by atoms with Crippen LogP contribution in [-0.4, -0.2) is 12.6 Å². The summed E-state index contributed by atoms with van der Waals surface area (Å²) in [5, 5.41) is 3.70. The second-order valence-electron chi connectivity index (χ2n) is 6.23. The maximum absolute atomic E-state index is 3.70. The zero-order valence-corrected chi connectivity index (χ0v) is 12.1. The summed E-state index contributed by atoms with van der Waals surface area (Å²) in [7, 11) is 0. The average molecular weight is 245 g/mol. The van der Waals surface area contributed by atoms with Crippen molar-refractivity contribution in [1.29, 1.82) is 0 Å². The summed E-state index contributed by atoms with van der Waals surface area (Å²) in [6.45, 7) is 8.09. The summed E-state index contributed by atoms with van der Waals surface area (Å²) >= 11 is 0. The fraction of sp³-hybridized carbons (Fsp3) is 0.647. The molecular weight excluding hydrogens is 218 g/mol. The zero-order valence-electron chi connectivity index (χ0n) is 12.1. The van der Waals surface area contributed by atoms with Crippen LogP contribution in [0.2, 0.25) is 0 Å². The van der Waals surface area contributed by atoms with Gasteiger partial charge in [-0.25, -0.2) is 0 Å². The third kappa shape index (κ3) is 3.58. The first-order chi connectivity index (χ1) is 8.66. The van der Waals surface area contributed by atoms with Crippen LogP contribution in [0, 0.1) is 5.92 Å². The normalized spacial score (nSPS) is 19.4. The van der Waals surface area contributed by atoms with Crippen LogP contribution >= 0.6 is 0 Å². The van der Waals surface area contributed by atoms with Crippen molar-refractivity contribution < 1.29 is 0 Å². The van der Waals surface area contributed by atoms with Gasteiger partial charge in [-0.3, -0.25) is 0 Å². The first kappa shape index (κ1) is 13.6. The molecule has 0 aliphatic heterocycles. The van der Waals surface area contributed by atoms with E-state index in [0.29, 0.717) is 6.04 Å². The lowest BCUT2D eigenvalue weighted by atomic mass is 9.77. The number of nitrogens with one attached hydrogen (secondary N) is 1. The van der Waals surface area contributed by atoms with E-state index in [1.165, 1.54) is 25.7 Å². The lowest BCUT2D eigenvalue weighted by Crippen LogP contribution is -2.34. The van der Waals surface area contributed by atoms with Crippen molar-refractivity contribution in [1.82, 2.24) is 5.32 Å². The number of fused-ring (bicyclic) bond motifs is 1. The molecule has 1 nitrogen and oxygen atoms in total. The summed E-state index contributed by atoms with van der Waals surface area (Å²) in [6.07, 6.45) is 5.29. The molecule has 1 aromatic rings. The number of hydrogen-bond acceptors (Lipinski definition) is 1. The second kappa shape index (κ2) is 6.38. The fourth-order valence-electron chi connectivity index (χ4n) is 2.82. The molecule has 2 atom stereocenters. The third-order valence-electron chi connectivity index (χ3n) is 4.09. The molecule has 0 saturated heterocycles. The van der Waals surface area contributed by atoms with Gasteiger partial charge in [0.2, 0.25) is 0 Å². The van der Waals surface area contributed by atoms with E-state index < -0.39 is 0 Å². The highest BCUT2D eigenvalue weighted by Crippen LogP contribution is 2.34. The van der Waals surface area contributed by atoms with Gasteiger partial charge in [0.05, 0.1) is 0 Å². The number of hydrogen-bond donors (Lipinski definition) is 1. The second-order valence-corrected chi connectivity index (χ2v) is 6.23. The summed E-state index contributed by atoms with van der Waals surface area (Å²) in [5.41, 5.74) is 3.12. The SMILES string of the molecule is CC(C)CCCC(C)NCC1Cc2ccccc21. The van der Waals surface area contributed by atoms with Gasteiger partial charge < -0.3 is 5.32 Å². The molecule has 1 aromatic carbocycles. The Balaban J connectivity index is 1.64. The maximum atomic E-state index is 3.70. The molecule has 0 spiro atoms. The van der Waals surface area contributed by atoms with E-state index in [1.807, 2.05) is 0 Å². The van der Waals surface area contributed by atoms with Gasteiger partial charge in [-0.1, -0.05) is 51.0 Å². The van der Waals surface area contributed by atoms with Gasteiger partial charge in [-0.15, -0.1) is 0 Å². The number of benzene rings is 1. The first-order valence-corrected chi connectivity index (χ1v) is 7.48. The van der Waals surface area contributed by atoms with E-state index in [-0.39, 0.29) is 0 Å². The fourth-order valence-corrected chi connectivity index (χ4v) is 2.82. The molecule has 0 aromatic heterocycles. The van der Waals surface area contributed by atoms with Gasteiger partial charge in [0.1, 0.15) is 0 Å². The smallest absolute Gasteiger partial charge is 0.00389 e. The van der Waals surface area contributed by atoms with Crippen molar-refractivity contribution in [2.45, 2.75) is 58.4 Å². The Labute approximate surface area is 112 Å². The lowest BCUT2D eigenvalue weighted by molar-refractivity contribution is 0.431. The van der Waals surface area contributed by atoms with Gasteiger partial charge in [0.25, 0.3) is 0 Å². The molecule has 1 aliphatic carbocycles. The molecule has 1 aliphatic rings. The maximum Gasteiger partial charge on any atom is 0.00389 e. The van der Waals surface area contributed by atoms with Crippen molar-refractivity contribution in [2.24, 2.45) is 5.92 Å². The third-order valence-corrected chi connectivity index (χ3v) is 4.09. The van der Waals surface area contributed by atoms with Crippen LogP contribution in [0.3, 0.4) is 0 Å². The topological polar surface area (TPSA) is 12.0 Å². The van der Waals surface area contributed by atoms with Crippen molar-refractivity contribution in [3.05, 3.63) is 35.4 Å². The highest BCUT2D eigenvalue weighted by molar-refractivity contribution is 5.40. The molecule has 100 valence electrons. The molecule has 0 saturated carbocycles. The van der Waals surface area contributed by atoms with Gasteiger partial charge in [-0.05, 0) is 36.8 Å². The Morgan fingerprint density at radius 3 is 2.67 bits per heavy atom. The molecule has 2 unspecified atom stereocenters. The summed E-state index contributed by atoms with van der Waals surface area (Å²) in [4.78, 5) is 0. The van der Waals surface area contributed by atoms with Gasteiger partial charge >= 0.3 is 0 Å². The first-order valence-electron chi connectivity index (χ1n) is 7.48. The van der Waals surface area contributed by atoms with Crippen molar-refractivity contribution >= 4 is 0 Å². The Hall–Kier alpha value is -0.820. The Bertz CT molecular complexity index is 370. The van der Waals surface area contributed by atoms with E-state index in [4.69, 9.17) is 0 Å². The van der Waals surface area contributed by atoms with E-state index in [2.05, 4.69) is 50.4 Å². The van der Waals surface area contributed by atoms with Crippen molar-refractivity contribution in [2.75, 3.05) is 6.54 Å². The Morgan fingerprint density at radius 2 is 1.94 bits per heavy atom. The molecule has 0 amide bonds. The largest absolute Gasteiger partial charge is 0.314 e. The quantitative estimate of drug-likeness (QED) is 0.761.